The monoisotopic (exact) mass is 828 g/mol. The van der Waals surface area contributed by atoms with E-state index in [1.807, 2.05) is 0 Å². The number of benzene rings is 4. The molecule has 6 aromatic rings. The molecule has 260 valence electrons. The highest BCUT2D eigenvalue weighted by Gasteiger charge is 2.39. The van der Waals surface area contributed by atoms with Gasteiger partial charge in [-0.3, -0.25) is 0 Å². The fraction of sp³-hybridized carbons (Fsp3) is 0.235. The van der Waals surface area contributed by atoms with E-state index in [1.165, 1.54) is 33.4 Å². The standard InChI is InChI=1S/2C17H11BrF4N2O/c2*18-9-5-6-11-15(14(9)20)24-12(7-10(19)16(24)23-11)8-3-1-2-4-13(8)25-17(21)22/h2*1-6,10,12,17H,7H2/t10-,12+;10-,12-/m01/s1. The van der Waals surface area contributed by atoms with Gasteiger partial charge in [-0.05, 0) is 68.3 Å². The second-order valence-electron chi connectivity index (χ2n) is 11.4. The molecule has 0 unspecified atom stereocenters. The molecule has 2 aromatic heterocycles. The van der Waals surface area contributed by atoms with Crippen molar-refractivity contribution in [3.05, 3.63) is 116 Å². The van der Waals surface area contributed by atoms with Crippen LogP contribution in [0.4, 0.5) is 35.1 Å². The van der Waals surface area contributed by atoms with Crippen molar-refractivity contribution in [2.45, 2.75) is 50.5 Å². The fourth-order valence-electron chi connectivity index (χ4n) is 6.62. The summed E-state index contributed by atoms with van der Waals surface area (Å²) in [5.74, 6) is -1.07. The molecule has 0 N–H and O–H groups in total. The number of hydrogen-bond acceptors (Lipinski definition) is 4. The lowest BCUT2D eigenvalue weighted by molar-refractivity contribution is -0.0513. The third-order valence-corrected chi connectivity index (χ3v) is 9.80. The smallest absolute Gasteiger partial charge is 0.387 e. The molecule has 2 aliphatic rings. The topological polar surface area (TPSA) is 54.1 Å². The normalized spacial score (nSPS) is 19.6. The van der Waals surface area contributed by atoms with Gasteiger partial charge in [-0.25, -0.2) is 27.5 Å². The van der Waals surface area contributed by atoms with Crippen molar-refractivity contribution in [1.29, 1.82) is 0 Å². The van der Waals surface area contributed by atoms with Gasteiger partial charge >= 0.3 is 13.2 Å². The molecule has 6 nitrogen and oxygen atoms in total. The van der Waals surface area contributed by atoms with Crippen LogP contribution in [0.25, 0.3) is 22.1 Å². The number of nitrogens with zero attached hydrogens (tertiary/aromatic N) is 4. The predicted molar refractivity (Wildman–Crippen MR) is 174 cm³/mol. The van der Waals surface area contributed by atoms with Crippen LogP contribution in [0.1, 0.15) is 60.0 Å². The van der Waals surface area contributed by atoms with E-state index in [0.717, 1.165) is 0 Å². The van der Waals surface area contributed by atoms with E-state index in [9.17, 15) is 35.1 Å². The first-order valence-electron chi connectivity index (χ1n) is 15.0. The van der Waals surface area contributed by atoms with Gasteiger partial charge < -0.3 is 18.6 Å². The van der Waals surface area contributed by atoms with Crippen LogP contribution in [0.5, 0.6) is 11.5 Å². The van der Waals surface area contributed by atoms with Crippen LogP contribution in [0.2, 0.25) is 0 Å². The van der Waals surface area contributed by atoms with Gasteiger partial charge in [0.05, 0.1) is 32.1 Å². The number of hydrogen-bond donors (Lipinski definition) is 0. The highest BCUT2D eigenvalue weighted by Crippen LogP contribution is 2.48. The summed E-state index contributed by atoms with van der Waals surface area (Å²) in [5.41, 5.74) is 1.64. The van der Waals surface area contributed by atoms with Gasteiger partial charge in [0.15, 0.2) is 24.0 Å². The molecule has 50 heavy (non-hydrogen) atoms. The summed E-state index contributed by atoms with van der Waals surface area (Å²) >= 11 is 6.23. The third-order valence-electron chi connectivity index (χ3n) is 8.57. The van der Waals surface area contributed by atoms with Crippen LogP contribution in [-0.4, -0.2) is 32.3 Å². The Morgan fingerprint density at radius 1 is 0.600 bits per heavy atom. The molecule has 0 bridgehead atoms. The van der Waals surface area contributed by atoms with Crippen molar-refractivity contribution in [2.24, 2.45) is 0 Å². The summed E-state index contributed by atoms with van der Waals surface area (Å²) < 4.78 is 121. The van der Waals surface area contributed by atoms with E-state index >= 15 is 0 Å². The number of fused-ring (bicyclic) bond motifs is 6. The fourth-order valence-corrected chi connectivity index (χ4v) is 7.26. The van der Waals surface area contributed by atoms with E-state index in [1.54, 1.807) is 48.5 Å². The molecule has 4 heterocycles. The number of alkyl halides is 6. The van der Waals surface area contributed by atoms with E-state index < -0.39 is 49.3 Å². The molecule has 0 saturated carbocycles. The van der Waals surface area contributed by atoms with Crippen molar-refractivity contribution in [3.63, 3.8) is 0 Å². The average Bonchev–Trinajstić information content (AvgIpc) is 3.82. The largest absolute Gasteiger partial charge is 0.434 e. The van der Waals surface area contributed by atoms with Gasteiger partial charge in [0.2, 0.25) is 0 Å². The van der Waals surface area contributed by atoms with Gasteiger partial charge in [0, 0.05) is 24.0 Å². The molecule has 16 heteroatoms. The summed E-state index contributed by atoms with van der Waals surface area (Å²) in [4.78, 5) is 8.36. The molecule has 0 amide bonds. The molecule has 0 aliphatic carbocycles. The molecule has 0 radical (unpaired) electrons. The maximum absolute atomic E-state index is 14.6. The first kappa shape index (κ1) is 34.3. The summed E-state index contributed by atoms with van der Waals surface area (Å²) in [6.07, 6.45) is -2.88. The minimum absolute atomic E-state index is 0.0200. The van der Waals surface area contributed by atoms with E-state index in [-0.39, 0.29) is 56.0 Å². The number of ether oxygens (including phenoxy) is 2. The molecule has 0 saturated heterocycles. The minimum Gasteiger partial charge on any atom is -0.434 e. The van der Waals surface area contributed by atoms with Crippen LogP contribution in [-0.2, 0) is 0 Å². The number of imidazole rings is 2. The SMILES string of the molecule is Fc1c(Br)ccc2nc3n(c12)[C@@H](c1ccccc1OC(F)F)C[C@@H]3F.Fc1c(Br)ccc2nc3n(c12)[C@@H](c1ccccc1OC(F)F)C[C@H]3F. The zero-order valence-corrected chi connectivity index (χ0v) is 28.4. The second kappa shape index (κ2) is 13.5. The van der Waals surface area contributed by atoms with Crippen molar-refractivity contribution >= 4 is 53.9 Å². The number of halogens is 10. The maximum atomic E-state index is 14.6. The van der Waals surface area contributed by atoms with Crippen LogP contribution < -0.4 is 9.47 Å². The Morgan fingerprint density at radius 2 is 0.980 bits per heavy atom. The predicted octanol–water partition coefficient (Wildman–Crippen LogP) is 11.1. The van der Waals surface area contributed by atoms with E-state index in [2.05, 4.69) is 51.3 Å². The molecule has 0 spiro atoms. The zero-order valence-electron chi connectivity index (χ0n) is 25.2. The van der Waals surface area contributed by atoms with Crippen molar-refractivity contribution in [2.75, 3.05) is 0 Å². The first-order valence-corrected chi connectivity index (χ1v) is 16.6. The van der Waals surface area contributed by atoms with E-state index in [0.29, 0.717) is 22.2 Å². The lowest BCUT2D eigenvalue weighted by Gasteiger charge is -2.18. The number of aromatic nitrogens is 4. The molecule has 4 atom stereocenters. The average molecular weight is 830 g/mol. The van der Waals surface area contributed by atoms with Crippen LogP contribution in [0.3, 0.4) is 0 Å². The summed E-state index contributed by atoms with van der Waals surface area (Å²) in [6, 6.07) is 17.1. The Balaban J connectivity index is 0.000000157. The minimum atomic E-state index is -3.01. The van der Waals surface area contributed by atoms with Gasteiger partial charge in [-0.15, -0.1) is 0 Å². The lowest BCUT2D eigenvalue weighted by atomic mass is 10.0. The quantitative estimate of drug-likeness (QED) is 0.157. The van der Waals surface area contributed by atoms with Gasteiger partial charge in [-0.2, -0.15) is 17.6 Å². The number of para-hydroxylation sites is 2. The Kier molecular flexibility index (Phi) is 9.26. The van der Waals surface area contributed by atoms with E-state index in [4.69, 9.17) is 0 Å². The molecule has 4 aromatic carbocycles. The van der Waals surface area contributed by atoms with Gasteiger partial charge in [-0.1, -0.05) is 36.4 Å². The lowest BCUT2D eigenvalue weighted by Crippen LogP contribution is -2.11. The van der Waals surface area contributed by atoms with Gasteiger partial charge in [0.25, 0.3) is 0 Å². The van der Waals surface area contributed by atoms with Crippen LogP contribution in [0, 0.1) is 11.6 Å². The van der Waals surface area contributed by atoms with Crippen LogP contribution >= 0.6 is 31.9 Å². The molecule has 0 fully saturated rings. The van der Waals surface area contributed by atoms with Crippen LogP contribution in [0.15, 0.2) is 81.7 Å². The molecule has 8 rings (SSSR count). The highest BCUT2D eigenvalue weighted by atomic mass is 79.9. The Hall–Kier alpha value is -4.18. The molecular weight excluding hydrogens is 808 g/mol. The number of rotatable bonds is 6. The molecular formula is C34H22Br2F8N4O2. The summed E-state index contributed by atoms with van der Waals surface area (Å²) in [7, 11) is 0. The maximum Gasteiger partial charge on any atom is 0.387 e. The molecule has 2 aliphatic heterocycles. The zero-order chi connectivity index (χ0) is 35.4. The summed E-state index contributed by atoms with van der Waals surface area (Å²) in [5, 5.41) is 0. The Morgan fingerprint density at radius 3 is 1.36 bits per heavy atom. The van der Waals surface area contributed by atoms with Crippen molar-refractivity contribution < 1.29 is 44.6 Å². The Labute approximate surface area is 294 Å². The first-order chi connectivity index (χ1) is 23.9. The van der Waals surface area contributed by atoms with Crippen molar-refractivity contribution in [3.8, 4) is 11.5 Å². The Bertz CT molecular complexity index is 2070. The third kappa shape index (κ3) is 5.99. The van der Waals surface area contributed by atoms with Gasteiger partial charge in [0.1, 0.15) is 34.2 Å². The van der Waals surface area contributed by atoms with Crippen molar-refractivity contribution in [1.82, 2.24) is 19.1 Å². The summed E-state index contributed by atoms with van der Waals surface area (Å²) in [6.45, 7) is -6.01. The second-order valence-corrected chi connectivity index (χ2v) is 13.1. The highest BCUT2D eigenvalue weighted by molar-refractivity contribution is 9.10.